The fourth-order valence-corrected chi connectivity index (χ4v) is 2.18. The van der Waals surface area contributed by atoms with Crippen molar-refractivity contribution in [2.75, 3.05) is 18.2 Å². The van der Waals surface area contributed by atoms with Crippen molar-refractivity contribution in [2.45, 2.75) is 0 Å². The molecule has 0 radical (unpaired) electrons. The lowest BCUT2D eigenvalue weighted by atomic mass is 10.1. The lowest BCUT2D eigenvalue weighted by molar-refractivity contribution is 0.414. The van der Waals surface area contributed by atoms with E-state index in [1.807, 2.05) is 54.6 Å². The van der Waals surface area contributed by atoms with E-state index in [0.717, 1.165) is 28.4 Å². The molecule has 4 heteroatoms. The third-order valence-electron chi connectivity index (χ3n) is 3.23. The molecule has 1 heterocycles. The minimum atomic E-state index is 0.702. The summed E-state index contributed by atoms with van der Waals surface area (Å²) in [5.74, 6) is 1.52. The summed E-state index contributed by atoms with van der Waals surface area (Å²) in [5, 5.41) is 3.30. The number of para-hydroxylation sites is 2. The summed E-state index contributed by atoms with van der Waals surface area (Å²) in [6.07, 6.45) is 1.64. The van der Waals surface area contributed by atoms with Crippen molar-refractivity contribution in [3.63, 3.8) is 0 Å². The Morgan fingerprint density at radius 2 is 1.90 bits per heavy atom. The molecule has 3 aromatic rings. The van der Waals surface area contributed by atoms with Crippen LogP contribution in [-0.2, 0) is 0 Å². The lowest BCUT2D eigenvalue weighted by Gasteiger charge is -2.12. The second-order valence-electron chi connectivity index (χ2n) is 4.60. The number of hydrogen-bond donors (Lipinski definition) is 2. The number of rotatable bonds is 4. The zero-order valence-electron chi connectivity index (χ0n) is 11.7. The Hall–Kier alpha value is -2.88. The number of furan rings is 1. The molecule has 3 N–H and O–H groups in total. The van der Waals surface area contributed by atoms with Crippen LogP contribution in [0.2, 0.25) is 0 Å². The molecule has 1 aromatic heterocycles. The molecule has 0 bridgehead atoms. The van der Waals surface area contributed by atoms with Crippen LogP contribution in [0.15, 0.2) is 65.3 Å². The number of ether oxygens (including phenoxy) is 1. The van der Waals surface area contributed by atoms with Crippen molar-refractivity contribution in [1.82, 2.24) is 0 Å². The van der Waals surface area contributed by atoms with E-state index in [4.69, 9.17) is 14.9 Å². The average Bonchev–Trinajstić information content (AvgIpc) is 3.04. The fourth-order valence-electron chi connectivity index (χ4n) is 2.18. The Kier molecular flexibility index (Phi) is 3.51. The third kappa shape index (κ3) is 2.69. The van der Waals surface area contributed by atoms with Crippen LogP contribution in [0.1, 0.15) is 0 Å². The van der Waals surface area contributed by atoms with Gasteiger partial charge in [0.05, 0.1) is 30.3 Å². The number of methoxy groups -OCH3 is 1. The van der Waals surface area contributed by atoms with Gasteiger partial charge in [-0.3, -0.25) is 0 Å². The highest BCUT2D eigenvalue weighted by Crippen LogP contribution is 2.34. The van der Waals surface area contributed by atoms with E-state index in [9.17, 15) is 0 Å². The average molecular weight is 280 g/mol. The van der Waals surface area contributed by atoms with Gasteiger partial charge >= 0.3 is 0 Å². The quantitative estimate of drug-likeness (QED) is 0.700. The summed E-state index contributed by atoms with van der Waals surface area (Å²) in [6.45, 7) is 0. The van der Waals surface area contributed by atoms with Crippen LogP contribution in [0, 0.1) is 0 Å². The van der Waals surface area contributed by atoms with Crippen LogP contribution in [0.4, 0.5) is 17.1 Å². The van der Waals surface area contributed by atoms with E-state index in [0.29, 0.717) is 5.69 Å². The molecule has 0 amide bonds. The van der Waals surface area contributed by atoms with E-state index < -0.39 is 0 Å². The van der Waals surface area contributed by atoms with Gasteiger partial charge in [0.15, 0.2) is 0 Å². The summed E-state index contributed by atoms with van der Waals surface area (Å²) >= 11 is 0. The maximum Gasteiger partial charge on any atom is 0.137 e. The van der Waals surface area contributed by atoms with E-state index in [1.165, 1.54) is 0 Å². The highest BCUT2D eigenvalue weighted by Gasteiger charge is 2.10. The zero-order valence-corrected chi connectivity index (χ0v) is 11.7. The Morgan fingerprint density at radius 3 is 2.62 bits per heavy atom. The van der Waals surface area contributed by atoms with Gasteiger partial charge in [0.2, 0.25) is 0 Å². The zero-order chi connectivity index (χ0) is 14.7. The predicted octanol–water partition coefficient (Wildman–Crippen LogP) is 4.28. The van der Waals surface area contributed by atoms with Gasteiger partial charge in [0, 0.05) is 5.69 Å². The molecule has 106 valence electrons. The predicted molar refractivity (Wildman–Crippen MR) is 84.8 cm³/mol. The minimum absolute atomic E-state index is 0.702. The van der Waals surface area contributed by atoms with Crippen molar-refractivity contribution < 1.29 is 9.15 Å². The summed E-state index contributed by atoms with van der Waals surface area (Å²) < 4.78 is 10.8. The number of nitrogens with one attached hydrogen (secondary N) is 1. The van der Waals surface area contributed by atoms with Gasteiger partial charge in [-0.25, -0.2) is 0 Å². The van der Waals surface area contributed by atoms with Crippen molar-refractivity contribution in [3.8, 4) is 17.1 Å². The summed E-state index contributed by atoms with van der Waals surface area (Å²) in [6, 6.07) is 17.2. The van der Waals surface area contributed by atoms with Crippen molar-refractivity contribution in [3.05, 3.63) is 60.9 Å². The maximum atomic E-state index is 5.95. The standard InChI is InChI=1S/C17H16N2O2/c1-20-16-9-8-12(11-13(16)17-7-4-10-21-17)19-15-6-3-2-5-14(15)18/h2-11,19H,18H2,1H3. The fraction of sp³-hybridized carbons (Fsp3) is 0.0588. The summed E-state index contributed by atoms with van der Waals surface area (Å²) in [7, 11) is 1.64. The first-order valence-electron chi connectivity index (χ1n) is 6.61. The Morgan fingerprint density at radius 1 is 1.05 bits per heavy atom. The van der Waals surface area contributed by atoms with Crippen molar-refractivity contribution in [1.29, 1.82) is 0 Å². The molecule has 0 saturated heterocycles. The third-order valence-corrected chi connectivity index (χ3v) is 3.23. The topological polar surface area (TPSA) is 60.4 Å². The molecular weight excluding hydrogens is 264 g/mol. The van der Waals surface area contributed by atoms with Gasteiger partial charge in [0.25, 0.3) is 0 Å². The van der Waals surface area contributed by atoms with Crippen LogP contribution in [0.25, 0.3) is 11.3 Å². The van der Waals surface area contributed by atoms with E-state index in [-0.39, 0.29) is 0 Å². The van der Waals surface area contributed by atoms with Crippen LogP contribution < -0.4 is 15.8 Å². The van der Waals surface area contributed by atoms with Gasteiger partial charge in [-0.1, -0.05) is 12.1 Å². The van der Waals surface area contributed by atoms with Gasteiger partial charge in [0.1, 0.15) is 11.5 Å². The molecule has 4 nitrogen and oxygen atoms in total. The number of nitrogens with two attached hydrogens (primary N) is 1. The van der Waals surface area contributed by atoms with Crippen molar-refractivity contribution >= 4 is 17.1 Å². The van der Waals surface area contributed by atoms with Gasteiger partial charge in [-0.15, -0.1) is 0 Å². The molecular formula is C17H16N2O2. The largest absolute Gasteiger partial charge is 0.496 e. The molecule has 0 saturated carbocycles. The number of hydrogen-bond acceptors (Lipinski definition) is 4. The van der Waals surface area contributed by atoms with Crippen LogP contribution in [-0.4, -0.2) is 7.11 Å². The minimum Gasteiger partial charge on any atom is -0.496 e. The smallest absolute Gasteiger partial charge is 0.137 e. The molecule has 0 unspecified atom stereocenters. The molecule has 0 aliphatic carbocycles. The highest BCUT2D eigenvalue weighted by atomic mass is 16.5. The second kappa shape index (κ2) is 5.63. The SMILES string of the molecule is COc1ccc(Nc2ccccc2N)cc1-c1ccco1. The number of benzene rings is 2. The molecule has 0 fully saturated rings. The molecule has 0 aliphatic rings. The van der Waals surface area contributed by atoms with Gasteiger partial charge in [-0.05, 0) is 42.5 Å². The molecule has 0 spiro atoms. The van der Waals surface area contributed by atoms with Gasteiger partial charge in [-0.2, -0.15) is 0 Å². The van der Waals surface area contributed by atoms with Crippen LogP contribution in [0.5, 0.6) is 5.75 Å². The highest BCUT2D eigenvalue weighted by molar-refractivity contribution is 5.77. The lowest BCUT2D eigenvalue weighted by Crippen LogP contribution is -1.96. The van der Waals surface area contributed by atoms with E-state index >= 15 is 0 Å². The summed E-state index contributed by atoms with van der Waals surface area (Å²) in [4.78, 5) is 0. The molecule has 0 aliphatic heterocycles. The normalized spacial score (nSPS) is 10.3. The Labute approximate surface area is 123 Å². The van der Waals surface area contributed by atoms with E-state index in [1.54, 1.807) is 13.4 Å². The first-order chi connectivity index (χ1) is 10.3. The van der Waals surface area contributed by atoms with Crippen molar-refractivity contribution in [2.24, 2.45) is 0 Å². The van der Waals surface area contributed by atoms with Gasteiger partial charge < -0.3 is 20.2 Å². The molecule has 21 heavy (non-hydrogen) atoms. The maximum absolute atomic E-state index is 5.95. The van der Waals surface area contributed by atoms with E-state index in [2.05, 4.69) is 5.32 Å². The first-order valence-corrected chi connectivity index (χ1v) is 6.61. The monoisotopic (exact) mass is 280 g/mol. The Bertz CT molecular complexity index is 736. The molecule has 2 aromatic carbocycles. The Balaban J connectivity index is 1.98. The molecule has 0 atom stereocenters. The number of anilines is 3. The summed E-state index contributed by atoms with van der Waals surface area (Å²) in [5.41, 5.74) is 9.33. The number of nitrogen functional groups attached to an aromatic ring is 1. The second-order valence-corrected chi connectivity index (χ2v) is 4.60. The first kappa shape index (κ1) is 13.1. The molecule has 3 rings (SSSR count). The van der Waals surface area contributed by atoms with Crippen LogP contribution >= 0.6 is 0 Å². The van der Waals surface area contributed by atoms with Crippen LogP contribution in [0.3, 0.4) is 0 Å².